The van der Waals surface area contributed by atoms with Gasteiger partial charge >= 0.3 is 6.18 Å². The van der Waals surface area contributed by atoms with Crippen LogP contribution in [-0.4, -0.2) is 23.1 Å². The Balaban J connectivity index is 1.41. The van der Waals surface area contributed by atoms with Gasteiger partial charge in [0.15, 0.2) is 0 Å². The summed E-state index contributed by atoms with van der Waals surface area (Å²) in [7, 11) is 0. The van der Waals surface area contributed by atoms with E-state index in [1.54, 1.807) is 12.1 Å². The molecule has 0 fully saturated rings. The van der Waals surface area contributed by atoms with Gasteiger partial charge in [-0.2, -0.15) is 13.2 Å². The summed E-state index contributed by atoms with van der Waals surface area (Å²) in [6, 6.07) is 21.3. The van der Waals surface area contributed by atoms with Crippen LogP contribution in [0.15, 0.2) is 114 Å². The fourth-order valence-electron chi connectivity index (χ4n) is 4.40. The lowest BCUT2D eigenvalue weighted by atomic mass is 10.0. The zero-order chi connectivity index (χ0) is 25.7. The predicted octanol–water partition coefficient (Wildman–Crippen LogP) is 7.81. The number of rotatable bonds is 8. The molecule has 37 heavy (non-hydrogen) atoms. The van der Waals surface area contributed by atoms with E-state index in [0.29, 0.717) is 30.2 Å². The normalized spacial score (nSPS) is 13.3. The molecular weight excluding hydrogens is 475 g/mol. The van der Waals surface area contributed by atoms with Gasteiger partial charge in [-0.1, -0.05) is 71.9 Å². The van der Waals surface area contributed by atoms with E-state index in [0.717, 1.165) is 41.4 Å². The molecule has 4 aromatic rings. The van der Waals surface area contributed by atoms with Gasteiger partial charge in [-0.05, 0) is 47.0 Å². The molecule has 0 bridgehead atoms. The molecule has 0 amide bonds. The van der Waals surface area contributed by atoms with Crippen LogP contribution >= 0.6 is 0 Å². The van der Waals surface area contributed by atoms with Gasteiger partial charge < -0.3 is 14.3 Å². The Morgan fingerprint density at radius 1 is 0.838 bits per heavy atom. The zero-order valence-electron chi connectivity index (χ0n) is 20.1. The molecule has 0 spiro atoms. The van der Waals surface area contributed by atoms with Crippen LogP contribution in [0.5, 0.6) is 0 Å². The molecule has 7 heteroatoms. The van der Waals surface area contributed by atoms with Crippen LogP contribution < -0.4 is 4.90 Å². The second-order valence-corrected chi connectivity index (χ2v) is 8.85. The van der Waals surface area contributed by atoms with Crippen molar-refractivity contribution in [1.29, 1.82) is 0 Å². The average molecular weight is 502 g/mol. The first-order valence-electron chi connectivity index (χ1n) is 12.1. The molecule has 3 aromatic carbocycles. The molecular formula is C30H26F3N3O. The Hall–Kier alpha value is -4.26. The summed E-state index contributed by atoms with van der Waals surface area (Å²) < 4.78 is 45.4. The third kappa shape index (κ3) is 5.94. The molecule has 1 aliphatic heterocycles. The van der Waals surface area contributed by atoms with E-state index < -0.39 is 11.7 Å². The second kappa shape index (κ2) is 10.8. The van der Waals surface area contributed by atoms with Gasteiger partial charge in [0, 0.05) is 43.7 Å². The van der Waals surface area contributed by atoms with E-state index in [1.165, 1.54) is 6.07 Å². The van der Waals surface area contributed by atoms with E-state index >= 15 is 0 Å². The highest BCUT2D eigenvalue weighted by Crippen LogP contribution is 2.33. The molecule has 0 N–H and O–H groups in total. The van der Waals surface area contributed by atoms with Crippen molar-refractivity contribution in [2.45, 2.75) is 19.1 Å². The lowest BCUT2D eigenvalue weighted by Gasteiger charge is -2.24. The summed E-state index contributed by atoms with van der Waals surface area (Å²) in [5.74, 6) is 0.518. The average Bonchev–Trinajstić information content (AvgIpc) is 3.25. The second-order valence-electron chi connectivity index (χ2n) is 8.85. The minimum Gasteiger partial charge on any atom is -0.354 e. The monoisotopic (exact) mass is 501 g/mol. The highest BCUT2D eigenvalue weighted by Gasteiger charge is 2.30. The van der Waals surface area contributed by atoms with Crippen LogP contribution in [0.2, 0.25) is 0 Å². The third-order valence-corrected chi connectivity index (χ3v) is 6.27. The van der Waals surface area contributed by atoms with E-state index in [4.69, 9.17) is 4.52 Å². The summed E-state index contributed by atoms with van der Waals surface area (Å²) in [6.45, 7) is 2.05. The molecule has 4 nitrogen and oxygen atoms in total. The lowest BCUT2D eigenvalue weighted by Crippen LogP contribution is -2.26. The summed E-state index contributed by atoms with van der Waals surface area (Å²) in [6.07, 6.45) is 8.40. The zero-order valence-corrected chi connectivity index (χ0v) is 20.1. The summed E-state index contributed by atoms with van der Waals surface area (Å²) in [4.78, 5) is 4.21. The maximum atomic E-state index is 13.2. The smallest absolute Gasteiger partial charge is 0.354 e. The Labute approximate surface area is 213 Å². The first-order chi connectivity index (χ1) is 18.0. The number of aromatic nitrogens is 1. The maximum Gasteiger partial charge on any atom is 0.416 e. The largest absolute Gasteiger partial charge is 0.416 e. The van der Waals surface area contributed by atoms with Crippen molar-refractivity contribution < 1.29 is 17.7 Å². The molecule has 0 saturated heterocycles. The minimum absolute atomic E-state index is 0.363. The molecule has 2 heterocycles. The van der Waals surface area contributed by atoms with E-state index in [1.807, 2.05) is 54.9 Å². The van der Waals surface area contributed by atoms with E-state index in [-0.39, 0.29) is 0 Å². The number of allylic oxidation sites excluding steroid dienone is 4. The first kappa shape index (κ1) is 24.4. The van der Waals surface area contributed by atoms with Gasteiger partial charge in [0.1, 0.15) is 5.69 Å². The highest BCUT2D eigenvalue weighted by molar-refractivity contribution is 5.85. The number of halogens is 3. The molecule has 5 rings (SSSR count). The van der Waals surface area contributed by atoms with Crippen LogP contribution in [-0.2, 0) is 12.7 Å². The number of hydrogen-bond acceptors (Lipinski definition) is 4. The van der Waals surface area contributed by atoms with Crippen molar-refractivity contribution in [1.82, 2.24) is 10.1 Å². The number of fused-ring (bicyclic) bond motifs is 1. The van der Waals surface area contributed by atoms with Crippen LogP contribution in [0.25, 0.3) is 22.0 Å². The minimum atomic E-state index is -4.42. The van der Waals surface area contributed by atoms with Crippen molar-refractivity contribution in [2.75, 3.05) is 18.0 Å². The Morgan fingerprint density at radius 2 is 1.59 bits per heavy atom. The quantitative estimate of drug-likeness (QED) is 0.247. The lowest BCUT2D eigenvalue weighted by molar-refractivity contribution is -0.137. The number of hydrogen-bond donors (Lipinski definition) is 0. The molecule has 188 valence electrons. The topological polar surface area (TPSA) is 32.5 Å². The van der Waals surface area contributed by atoms with Crippen molar-refractivity contribution in [2.24, 2.45) is 0 Å². The molecule has 0 aliphatic carbocycles. The van der Waals surface area contributed by atoms with E-state index in [2.05, 4.69) is 39.2 Å². The van der Waals surface area contributed by atoms with Gasteiger partial charge in [0.05, 0.1) is 5.56 Å². The van der Waals surface area contributed by atoms with Crippen LogP contribution in [0.3, 0.4) is 0 Å². The Kier molecular flexibility index (Phi) is 7.12. The number of anilines is 1. The summed E-state index contributed by atoms with van der Waals surface area (Å²) >= 11 is 0. The molecule has 0 atom stereocenters. The van der Waals surface area contributed by atoms with Crippen molar-refractivity contribution in [3.05, 3.63) is 121 Å². The molecule has 0 saturated carbocycles. The third-order valence-electron chi connectivity index (χ3n) is 6.27. The van der Waals surface area contributed by atoms with Crippen LogP contribution in [0.4, 0.5) is 19.1 Å². The fourth-order valence-corrected chi connectivity index (χ4v) is 4.40. The summed E-state index contributed by atoms with van der Waals surface area (Å²) in [5.41, 5.74) is 1.15. The summed E-state index contributed by atoms with van der Waals surface area (Å²) in [5, 5.41) is 6.42. The van der Waals surface area contributed by atoms with Gasteiger partial charge in [0.2, 0.25) is 5.88 Å². The van der Waals surface area contributed by atoms with Gasteiger partial charge in [0.25, 0.3) is 0 Å². The molecule has 1 aromatic heterocycles. The number of benzene rings is 3. The van der Waals surface area contributed by atoms with Crippen LogP contribution in [0.1, 0.15) is 17.5 Å². The SMILES string of the molecule is FC(F)(F)c1cccc(-c2cc(N(CCCN3C=CC=CC=C3)Cc3cccc4ccccc34)on2)c1. The number of alkyl halides is 3. The van der Waals surface area contributed by atoms with E-state index in [9.17, 15) is 13.2 Å². The predicted molar refractivity (Wildman–Crippen MR) is 141 cm³/mol. The van der Waals surface area contributed by atoms with Crippen molar-refractivity contribution in [3.63, 3.8) is 0 Å². The van der Waals surface area contributed by atoms with Crippen LogP contribution in [0, 0.1) is 0 Å². The highest BCUT2D eigenvalue weighted by atomic mass is 19.4. The maximum absolute atomic E-state index is 13.2. The molecule has 1 aliphatic rings. The Morgan fingerprint density at radius 3 is 2.41 bits per heavy atom. The van der Waals surface area contributed by atoms with Gasteiger partial charge in [-0.15, -0.1) is 0 Å². The number of nitrogens with zero attached hydrogens (tertiary/aromatic N) is 3. The standard InChI is InChI=1S/C30H26F3N3O/c31-30(32,33)26-14-8-12-24(20-26)28-21-29(37-34-28)36(19-9-18-35-16-5-1-2-6-17-35)22-25-13-7-11-23-10-3-4-15-27(23)25/h1-8,10-17,20-21H,9,18-19,22H2. The van der Waals surface area contributed by atoms with Crippen molar-refractivity contribution in [3.8, 4) is 11.3 Å². The van der Waals surface area contributed by atoms with Gasteiger partial charge in [-0.3, -0.25) is 0 Å². The van der Waals surface area contributed by atoms with Crippen molar-refractivity contribution >= 4 is 16.7 Å². The van der Waals surface area contributed by atoms with Gasteiger partial charge in [-0.25, -0.2) is 0 Å². The molecule has 0 radical (unpaired) electrons. The molecule has 0 unspecified atom stereocenters. The fraction of sp³-hybridized carbons (Fsp3) is 0.167. The first-order valence-corrected chi connectivity index (χ1v) is 12.1. The Bertz CT molecular complexity index is 1430.